The normalized spacial score (nSPS) is 29.1. The molecule has 1 heterocycles. The van der Waals surface area contributed by atoms with Crippen LogP contribution in [0.1, 0.15) is 32.6 Å². The van der Waals surface area contributed by atoms with Gasteiger partial charge in [-0.1, -0.05) is 13.0 Å². The summed E-state index contributed by atoms with van der Waals surface area (Å²) < 4.78 is 0. The predicted octanol–water partition coefficient (Wildman–Crippen LogP) is 1.97. The van der Waals surface area contributed by atoms with Crippen LogP contribution in [0.25, 0.3) is 0 Å². The fourth-order valence-electron chi connectivity index (χ4n) is 1.89. The topological polar surface area (TPSA) is 40.5 Å². The predicted molar refractivity (Wildman–Crippen MR) is 50.3 cm³/mol. The van der Waals surface area contributed by atoms with Crippen LogP contribution in [0.2, 0.25) is 0 Å². The van der Waals surface area contributed by atoms with Crippen molar-refractivity contribution in [3.8, 4) is 0 Å². The molecule has 0 saturated carbocycles. The number of carbonyl (C=O) groups is 1. The Morgan fingerprint density at radius 2 is 2.46 bits per heavy atom. The lowest BCUT2D eigenvalue weighted by molar-refractivity contribution is -0.181. The van der Waals surface area contributed by atoms with Crippen LogP contribution in [0.3, 0.4) is 0 Å². The number of hydrogen-bond acceptors (Lipinski definition) is 2. The SMILES string of the molecule is C=CCC1(CC)CCC(=O)N(O)C1. The Bertz CT molecular complexity index is 215. The largest absolute Gasteiger partial charge is 0.286 e. The Hall–Kier alpha value is -0.830. The summed E-state index contributed by atoms with van der Waals surface area (Å²) in [5.41, 5.74) is 0.0599. The molecule has 1 unspecified atom stereocenters. The van der Waals surface area contributed by atoms with Gasteiger partial charge in [-0.25, -0.2) is 5.06 Å². The van der Waals surface area contributed by atoms with Gasteiger partial charge in [0.2, 0.25) is 5.91 Å². The number of allylic oxidation sites excluding steroid dienone is 1. The summed E-state index contributed by atoms with van der Waals surface area (Å²) in [6.07, 6.45) is 5.04. The maximum atomic E-state index is 11.1. The van der Waals surface area contributed by atoms with Gasteiger partial charge in [0.25, 0.3) is 0 Å². The molecular weight excluding hydrogens is 166 g/mol. The highest BCUT2D eigenvalue weighted by Crippen LogP contribution is 2.36. The number of hydroxylamine groups is 2. The molecule has 1 amide bonds. The molecule has 0 aromatic heterocycles. The van der Waals surface area contributed by atoms with E-state index in [-0.39, 0.29) is 11.3 Å². The molecule has 1 aliphatic heterocycles. The van der Waals surface area contributed by atoms with E-state index in [0.717, 1.165) is 24.3 Å². The highest BCUT2D eigenvalue weighted by atomic mass is 16.5. The summed E-state index contributed by atoms with van der Waals surface area (Å²) in [6.45, 7) is 6.25. The first-order chi connectivity index (χ1) is 6.13. The van der Waals surface area contributed by atoms with Gasteiger partial charge in [-0.05, 0) is 24.7 Å². The molecule has 74 valence electrons. The summed E-state index contributed by atoms with van der Waals surface area (Å²) >= 11 is 0. The molecule has 0 spiro atoms. The third-order valence-corrected chi connectivity index (χ3v) is 2.97. The summed E-state index contributed by atoms with van der Waals surface area (Å²) in [5, 5.41) is 10.2. The third-order valence-electron chi connectivity index (χ3n) is 2.97. The highest BCUT2D eigenvalue weighted by Gasteiger charge is 2.35. The average molecular weight is 183 g/mol. The van der Waals surface area contributed by atoms with Crippen molar-refractivity contribution in [3.05, 3.63) is 12.7 Å². The Morgan fingerprint density at radius 1 is 1.77 bits per heavy atom. The number of carbonyl (C=O) groups excluding carboxylic acids is 1. The summed E-state index contributed by atoms with van der Waals surface area (Å²) in [4.78, 5) is 11.1. The fraction of sp³-hybridized carbons (Fsp3) is 0.700. The van der Waals surface area contributed by atoms with E-state index in [9.17, 15) is 10.0 Å². The van der Waals surface area contributed by atoms with Gasteiger partial charge in [-0.3, -0.25) is 10.0 Å². The van der Waals surface area contributed by atoms with Gasteiger partial charge in [0.1, 0.15) is 0 Å². The highest BCUT2D eigenvalue weighted by molar-refractivity contribution is 5.75. The monoisotopic (exact) mass is 183 g/mol. The summed E-state index contributed by atoms with van der Waals surface area (Å²) in [6, 6.07) is 0. The first kappa shape index (κ1) is 10.3. The number of amides is 1. The second-order valence-corrected chi connectivity index (χ2v) is 3.80. The second kappa shape index (κ2) is 3.92. The van der Waals surface area contributed by atoms with Crippen molar-refractivity contribution in [1.29, 1.82) is 0 Å². The zero-order valence-corrected chi connectivity index (χ0v) is 8.12. The Labute approximate surface area is 79.0 Å². The molecule has 1 rings (SSSR count). The standard InChI is InChI=1S/C10H17NO2/c1-3-6-10(4-2)7-5-9(12)11(13)8-10/h3,13H,1,4-8H2,2H3. The first-order valence-electron chi connectivity index (χ1n) is 4.74. The van der Waals surface area contributed by atoms with Crippen LogP contribution < -0.4 is 0 Å². The van der Waals surface area contributed by atoms with Crippen LogP contribution in [0.5, 0.6) is 0 Å². The van der Waals surface area contributed by atoms with Gasteiger partial charge in [0, 0.05) is 6.42 Å². The van der Waals surface area contributed by atoms with Crippen LogP contribution >= 0.6 is 0 Å². The average Bonchev–Trinajstić information content (AvgIpc) is 2.12. The zero-order valence-electron chi connectivity index (χ0n) is 8.12. The molecule has 13 heavy (non-hydrogen) atoms. The molecule has 0 aliphatic carbocycles. The van der Waals surface area contributed by atoms with Crippen molar-refractivity contribution >= 4 is 5.91 Å². The van der Waals surface area contributed by atoms with Gasteiger partial charge in [0.05, 0.1) is 6.54 Å². The van der Waals surface area contributed by atoms with E-state index < -0.39 is 0 Å². The molecular formula is C10H17NO2. The molecule has 0 radical (unpaired) electrons. The molecule has 0 bridgehead atoms. The summed E-state index contributed by atoms with van der Waals surface area (Å²) in [5.74, 6) is -0.159. The van der Waals surface area contributed by atoms with Crippen molar-refractivity contribution in [2.24, 2.45) is 5.41 Å². The van der Waals surface area contributed by atoms with Crippen LogP contribution in [0.15, 0.2) is 12.7 Å². The van der Waals surface area contributed by atoms with Gasteiger partial charge < -0.3 is 0 Å². The quantitative estimate of drug-likeness (QED) is 0.537. The molecule has 1 saturated heterocycles. The van der Waals surface area contributed by atoms with Crippen molar-refractivity contribution in [2.75, 3.05) is 6.54 Å². The molecule has 1 fully saturated rings. The van der Waals surface area contributed by atoms with E-state index in [0.29, 0.717) is 13.0 Å². The molecule has 1 N–H and O–H groups in total. The Kier molecular flexibility index (Phi) is 3.09. The molecule has 0 aromatic rings. The number of rotatable bonds is 3. The Morgan fingerprint density at radius 3 is 2.92 bits per heavy atom. The van der Waals surface area contributed by atoms with Crippen molar-refractivity contribution in [2.45, 2.75) is 32.6 Å². The van der Waals surface area contributed by atoms with E-state index in [1.807, 2.05) is 6.08 Å². The smallest absolute Gasteiger partial charge is 0.245 e. The van der Waals surface area contributed by atoms with Crippen molar-refractivity contribution in [3.63, 3.8) is 0 Å². The van der Waals surface area contributed by atoms with Crippen LogP contribution in [-0.4, -0.2) is 22.7 Å². The minimum atomic E-state index is -0.159. The molecule has 0 aromatic carbocycles. The maximum absolute atomic E-state index is 11.1. The van der Waals surface area contributed by atoms with Gasteiger partial charge in [-0.2, -0.15) is 0 Å². The lowest BCUT2D eigenvalue weighted by atomic mass is 9.75. The van der Waals surface area contributed by atoms with Gasteiger partial charge in [0.15, 0.2) is 0 Å². The van der Waals surface area contributed by atoms with E-state index in [4.69, 9.17) is 0 Å². The van der Waals surface area contributed by atoms with E-state index in [2.05, 4.69) is 13.5 Å². The van der Waals surface area contributed by atoms with E-state index in [1.54, 1.807) is 0 Å². The second-order valence-electron chi connectivity index (χ2n) is 3.80. The lowest BCUT2D eigenvalue weighted by Crippen LogP contribution is -2.44. The third kappa shape index (κ3) is 2.10. The molecule has 1 atom stereocenters. The molecule has 3 heteroatoms. The molecule has 1 aliphatic rings. The zero-order chi connectivity index (χ0) is 9.90. The first-order valence-corrected chi connectivity index (χ1v) is 4.74. The fourth-order valence-corrected chi connectivity index (χ4v) is 1.89. The van der Waals surface area contributed by atoms with Crippen LogP contribution in [0, 0.1) is 5.41 Å². The number of piperidine rings is 1. The number of hydrogen-bond donors (Lipinski definition) is 1. The van der Waals surface area contributed by atoms with Crippen LogP contribution in [0.4, 0.5) is 0 Å². The van der Waals surface area contributed by atoms with E-state index in [1.165, 1.54) is 0 Å². The molecule has 3 nitrogen and oxygen atoms in total. The minimum absolute atomic E-state index is 0.0599. The van der Waals surface area contributed by atoms with Crippen LogP contribution in [-0.2, 0) is 4.79 Å². The van der Waals surface area contributed by atoms with E-state index >= 15 is 0 Å². The minimum Gasteiger partial charge on any atom is -0.286 e. The van der Waals surface area contributed by atoms with Crippen molar-refractivity contribution < 1.29 is 10.0 Å². The summed E-state index contributed by atoms with van der Waals surface area (Å²) in [7, 11) is 0. The Balaban J connectivity index is 2.67. The number of nitrogens with zero attached hydrogens (tertiary/aromatic N) is 1. The maximum Gasteiger partial charge on any atom is 0.245 e. The van der Waals surface area contributed by atoms with Crippen molar-refractivity contribution in [1.82, 2.24) is 5.06 Å². The lowest BCUT2D eigenvalue weighted by Gasteiger charge is -2.38. The van der Waals surface area contributed by atoms with Gasteiger partial charge >= 0.3 is 0 Å². The van der Waals surface area contributed by atoms with Gasteiger partial charge in [-0.15, -0.1) is 6.58 Å².